The number of hydrogen-bond donors (Lipinski definition) is 2. The van der Waals surface area contributed by atoms with Gasteiger partial charge in [0.1, 0.15) is 0 Å². The first-order chi connectivity index (χ1) is 11.1. The molecular formula is C18H17ClN2O2. The Labute approximate surface area is 139 Å². The summed E-state index contributed by atoms with van der Waals surface area (Å²) in [4.78, 5) is 24.0. The van der Waals surface area contributed by atoms with Crippen LogP contribution in [-0.4, -0.2) is 11.8 Å². The molecule has 1 aliphatic carbocycles. The Morgan fingerprint density at radius 2 is 1.87 bits per heavy atom. The summed E-state index contributed by atoms with van der Waals surface area (Å²) in [6.45, 7) is 0.358. The highest BCUT2D eigenvalue weighted by Crippen LogP contribution is 2.30. The van der Waals surface area contributed by atoms with Crippen molar-refractivity contribution >= 4 is 29.1 Å². The lowest BCUT2D eigenvalue weighted by molar-refractivity contribution is -0.117. The molecule has 1 fully saturated rings. The minimum absolute atomic E-state index is 0.0265. The Morgan fingerprint density at radius 3 is 2.61 bits per heavy atom. The average molecular weight is 329 g/mol. The summed E-state index contributed by atoms with van der Waals surface area (Å²) in [5.41, 5.74) is 2.01. The molecule has 1 aliphatic rings. The summed E-state index contributed by atoms with van der Waals surface area (Å²) < 4.78 is 0. The maximum absolute atomic E-state index is 12.2. The molecule has 0 unspecified atom stereocenters. The first-order valence-electron chi connectivity index (χ1n) is 7.56. The summed E-state index contributed by atoms with van der Waals surface area (Å²) in [7, 11) is 0. The predicted octanol–water partition coefficient (Wildman–Crippen LogP) is 3.62. The SMILES string of the molecule is O=C(NCc1ccccc1Cl)c1cccc(NC(=O)C2CC2)c1. The summed E-state index contributed by atoms with van der Waals surface area (Å²) in [6.07, 6.45) is 1.90. The number of rotatable bonds is 5. The zero-order chi connectivity index (χ0) is 16.2. The molecule has 23 heavy (non-hydrogen) atoms. The van der Waals surface area contributed by atoms with E-state index >= 15 is 0 Å². The van der Waals surface area contributed by atoms with Crippen LogP contribution in [0.25, 0.3) is 0 Å². The minimum atomic E-state index is -0.201. The Morgan fingerprint density at radius 1 is 1.09 bits per heavy atom. The maximum Gasteiger partial charge on any atom is 0.251 e. The van der Waals surface area contributed by atoms with E-state index < -0.39 is 0 Å². The van der Waals surface area contributed by atoms with E-state index in [0.29, 0.717) is 22.8 Å². The summed E-state index contributed by atoms with van der Waals surface area (Å²) >= 11 is 6.07. The van der Waals surface area contributed by atoms with Crippen molar-refractivity contribution in [2.75, 3.05) is 5.32 Å². The van der Waals surface area contributed by atoms with Gasteiger partial charge in [-0.15, -0.1) is 0 Å². The summed E-state index contributed by atoms with van der Waals surface area (Å²) in [6, 6.07) is 14.3. The molecule has 2 amide bonds. The lowest BCUT2D eigenvalue weighted by Gasteiger charge is -2.09. The third kappa shape index (κ3) is 4.11. The molecule has 5 heteroatoms. The predicted molar refractivity (Wildman–Crippen MR) is 90.4 cm³/mol. The molecule has 0 aromatic heterocycles. The van der Waals surface area contributed by atoms with Crippen molar-refractivity contribution in [3.63, 3.8) is 0 Å². The van der Waals surface area contributed by atoms with Crippen LogP contribution in [-0.2, 0) is 11.3 Å². The Kier molecular flexibility index (Phi) is 4.63. The third-order valence-corrected chi connectivity index (χ3v) is 4.11. The van der Waals surface area contributed by atoms with Crippen LogP contribution in [0.5, 0.6) is 0 Å². The van der Waals surface area contributed by atoms with Gasteiger partial charge in [-0.1, -0.05) is 35.9 Å². The molecule has 2 N–H and O–H groups in total. The number of carbonyl (C=O) groups is 2. The van der Waals surface area contributed by atoms with Gasteiger partial charge in [0.2, 0.25) is 5.91 Å². The molecule has 0 bridgehead atoms. The van der Waals surface area contributed by atoms with Gasteiger partial charge in [-0.3, -0.25) is 9.59 Å². The first-order valence-corrected chi connectivity index (χ1v) is 7.94. The monoisotopic (exact) mass is 328 g/mol. The van der Waals surface area contributed by atoms with Gasteiger partial charge in [0.05, 0.1) is 0 Å². The van der Waals surface area contributed by atoms with Crippen molar-refractivity contribution in [2.45, 2.75) is 19.4 Å². The number of anilines is 1. The third-order valence-electron chi connectivity index (χ3n) is 3.74. The molecule has 0 heterocycles. The minimum Gasteiger partial charge on any atom is -0.348 e. The highest BCUT2D eigenvalue weighted by atomic mass is 35.5. The fraction of sp³-hybridized carbons (Fsp3) is 0.222. The van der Waals surface area contributed by atoms with Crippen LogP contribution in [0, 0.1) is 5.92 Å². The van der Waals surface area contributed by atoms with E-state index in [1.807, 2.05) is 18.2 Å². The lowest BCUT2D eigenvalue weighted by Crippen LogP contribution is -2.23. The van der Waals surface area contributed by atoms with E-state index in [1.165, 1.54) is 0 Å². The van der Waals surface area contributed by atoms with E-state index in [-0.39, 0.29) is 17.7 Å². The Hall–Kier alpha value is -2.33. The van der Waals surface area contributed by atoms with Gasteiger partial charge in [-0.25, -0.2) is 0 Å². The zero-order valence-electron chi connectivity index (χ0n) is 12.5. The van der Waals surface area contributed by atoms with Crippen LogP contribution < -0.4 is 10.6 Å². The van der Waals surface area contributed by atoms with Gasteiger partial charge < -0.3 is 10.6 Å². The largest absolute Gasteiger partial charge is 0.348 e. The van der Waals surface area contributed by atoms with Crippen molar-refractivity contribution in [2.24, 2.45) is 5.92 Å². The number of amides is 2. The van der Waals surface area contributed by atoms with Crippen LogP contribution >= 0.6 is 11.6 Å². The molecule has 1 saturated carbocycles. The maximum atomic E-state index is 12.2. The first kappa shape index (κ1) is 15.6. The normalized spacial score (nSPS) is 13.4. The number of nitrogens with one attached hydrogen (secondary N) is 2. The molecule has 4 nitrogen and oxygen atoms in total. The Bertz CT molecular complexity index is 741. The highest BCUT2D eigenvalue weighted by Gasteiger charge is 2.29. The quantitative estimate of drug-likeness (QED) is 0.880. The summed E-state index contributed by atoms with van der Waals surface area (Å²) in [5.74, 6) is -0.0428. The van der Waals surface area contributed by atoms with Crippen LogP contribution in [0.3, 0.4) is 0 Å². The topological polar surface area (TPSA) is 58.2 Å². The fourth-order valence-corrected chi connectivity index (χ4v) is 2.45. The molecular weight excluding hydrogens is 312 g/mol. The average Bonchev–Trinajstić information content (AvgIpc) is 3.39. The van der Waals surface area contributed by atoms with Crippen molar-refractivity contribution in [3.05, 3.63) is 64.7 Å². The van der Waals surface area contributed by atoms with Crippen molar-refractivity contribution in [1.29, 1.82) is 0 Å². The summed E-state index contributed by atoms with van der Waals surface area (Å²) in [5, 5.41) is 6.30. The molecule has 3 rings (SSSR count). The zero-order valence-corrected chi connectivity index (χ0v) is 13.3. The number of hydrogen-bond acceptors (Lipinski definition) is 2. The number of carbonyl (C=O) groups excluding carboxylic acids is 2. The molecule has 2 aromatic rings. The van der Waals surface area contributed by atoms with E-state index in [2.05, 4.69) is 10.6 Å². The standard InChI is InChI=1S/C18H17ClN2O2/c19-16-7-2-1-4-14(16)11-20-17(22)13-5-3-6-15(10-13)21-18(23)12-8-9-12/h1-7,10,12H,8-9,11H2,(H,20,22)(H,21,23). The van der Waals surface area contributed by atoms with Crippen LogP contribution in [0.1, 0.15) is 28.8 Å². The second kappa shape index (κ2) is 6.84. The molecule has 0 aliphatic heterocycles. The fourth-order valence-electron chi connectivity index (χ4n) is 2.25. The molecule has 0 saturated heterocycles. The number of benzene rings is 2. The molecule has 0 radical (unpaired) electrons. The van der Waals surface area contributed by atoms with Gasteiger partial charge in [0.15, 0.2) is 0 Å². The Balaban J connectivity index is 1.62. The van der Waals surface area contributed by atoms with E-state index in [9.17, 15) is 9.59 Å². The van der Waals surface area contributed by atoms with Crippen LogP contribution in [0.4, 0.5) is 5.69 Å². The lowest BCUT2D eigenvalue weighted by atomic mass is 10.1. The van der Waals surface area contributed by atoms with Gasteiger partial charge >= 0.3 is 0 Å². The van der Waals surface area contributed by atoms with Crippen molar-refractivity contribution in [3.8, 4) is 0 Å². The van der Waals surface area contributed by atoms with Gasteiger partial charge in [-0.2, -0.15) is 0 Å². The smallest absolute Gasteiger partial charge is 0.251 e. The van der Waals surface area contributed by atoms with E-state index in [4.69, 9.17) is 11.6 Å². The second-order valence-electron chi connectivity index (χ2n) is 5.62. The van der Waals surface area contributed by atoms with Crippen molar-refractivity contribution < 1.29 is 9.59 Å². The molecule has 2 aromatic carbocycles. The molecule has 0 spiro atoms. The highest BCUT2D eigenvalue weighted by molar-refractivity contribution is 6.31. The van der Waals surface area contributed by atoms with E-state index in [1.54, 1.807) is 30.3 Å². The molecule has 0 atom stereocenters. The van der Waals surface area contributed by atoms with Crippen LogP contribution in [0.15, 0.2) is 48.5 Å². The van der Waals surface area contributed by atoms with Gasteiger partial charge in [0.25, 0.3) is 5.91 Å². The molecule has 118 valence electrons. The van der Waals surface area contributed by atoms with E-state index in [0.717, 1.165) is 18.4 Å². The second-order valence-corrected chi connectivity index (χ2v) is 6.03. The van der Waals surface area contributed by atoms with Crippen LogP contribution in [0.2, 0.25) is 5.02 Å². The number of halogens is 1. The van der Waals surface area contributed by atoms with Gasteiger partial charge in [0, 0.05) is 28.7 Å². The van der Waals surface area contributed by atoms with Crippen molar-refractivity contribution in [1.82, 2.24) is 5.32 Å². The van der Waals surface area contributed by atoms with Gasteiger partial charge in [-0.05, 0) is 42.7 Å².